The van der Waals surface area contributed by atoms with Gasteiger partial charge in [0, 0.05) is 17.9 Å². The first-order valence-corrected chi connectivity index (χ1v) is 8.09. The zero-order valence-electron chi connectivity index (χ0n) is 13.4. The molecule has 1 aromatic heterocycles. The maximum Gasteiger partial charge on any atom is 0.253 e. The van der Waals surface area contributed by atoms with Crippen LogP contribution in [0, 0.1) is 6.92 Å². The van der Waals surface area contributed by atoms with Gasteiger partial charge in [-0.2, -0.15) is 0 Å². The Bertz CT molecular complexity index is 895. The molecule has 5 heteroatoms. The number of carbonyl (C=O) groups is 1. The highest BCUT2D eigenvalue weighted by Crippen LogP contribution is 2.27. The number of carbonyl (C=O) groups excluding carboxylic acids is 1. The van der Waals surface area contributed by atoms with Gasteiger partial charge in [-0.05, 0) is 55.7 Å². The van der Waals surface area contributed by atoms with Crippen molar-refractivity contribution in [2.45, 2.75) is 25.9 Å². The van der Waals surface area contributed by atoms with Crippen molar-refractivity contribution < 1.29 is 13.9 Å². The normalized spacial score (nSPS) is 17.3. The molecule has 0 saturated carbocycles. The highest BCUT2D eigenvalue weighted by Gasteiger charge is 2.23. The number of hydrogen-bond acceptors (Lipinski definition) is 4. The summed E-state index contributed by atoms with van der Waals surface area (Å²) >= 11 is 0. The highest BCUT2D eigenvalue weighted by atomic mass is 16.5. The molecule has 0 bridgehead atoms. The Balaban J connectivity index is 1.60. The van der Waals surface area contributed by atoms with E-state index in [-0.39, 0.29) is 12.0 Å². The molecule has 24 heavy (non-hydrogen) atoms. The number of anilines is 1. The number of nitrogens with zero attached hydrogens (tertiary/aromatic N) is 1. The zero-order chi connectivity index (χ0) is 16.5. The van der Waals surface area contributed by atoms with E-state index in [1.165, 1.54) is 0 Å². The highest BCUT2D eigenvalue weighted by molar-refractivity contribution is 5.94. The topological polar surface area (TPSA) is 64.4 Å². The van der Waals surface area contributed by atoms with E-state index < -0.39 is 0 Å². The lowest BCUT2D eigenvalue weighted by molar-refractivity contribution is -0.124. The average Bonchev–Trinajstić information content (AvgIpc) is 3.24. The first-order chi connectivity index (χ1) is 11.7. The molecule has 1 saturated heterocycles. The van der Waals surface area contributed by atoms with Crippen LogP contribution in [0.5, 0.6) is 0 Å². The number of amides is 1. The van der Waals surface area contributed by atoms with Crippen molar-refractivity contribution in [3.8, 4) is 11.5 Å². The number of fused-ring (bicyclic) bond motifs is 1. The molecule has 2 heterocycles. The predicted molar refractivity (Wildman–Crippen MR) is 91.8 cm³/mol. The zero-order valence-corrected chi connectivity index (χ0v) is 13.4. The fourth-order valence-corrected chi connectivity index (χ4v) is 2.89. The lowest BCUT2D eigenvalue weighted by Gasteiger charge is -2.10. The summed E-state index contributed by atoms with van der Waals surface area (Å²) in [6.45, 7) is 2.67. The standard InChI is InChI=1S/C19H18N2O3/c1-12-7-8-15-17(10-12)24-19(21-15)13-4-2-5-14(11-13)20-18(22)16-6-3-9-23-16/h2,4-5,7-8,10-11,16H,3,6,9H2,1H3,(H,20,22)/t16-/m1/s1. The quantitative estimate of drug-likeness (QED) is 0.794. The third-order valence-electron chi connectivity index (χ3n) is 4.14. The SMILES string of the molecule is Cc1ccc2nc(-c3cccc(NC(=O)[C@H]4CCCO4)c3)oc2c1. The molecule has 1 N–H and O–H groups in total. The van der Waals surface area contributed by atoms with Gasteiger partial charge in [0.15, 0.2) is 5.58 Å². The second-order valence-electron chi connectivity index (χ2n) is 6.06. The van der Waals surface area contributed by atoms with Crippen LogP contribution in [0.15, 0.2) is 46.9 Å². The summed E-state index contributed by atoms with van der Waals surface area (Å²) in [5, 5.41) is 2.90. The Labute approximate surface area is 139 Å². The van der Waals surface area contributed by atoms with Crippen LogP contribution in [-0.4, -0.2) is 23.6 Å². The van der Waals surface area contributed by atoms with E-state index in [1.807, 2.05) is 49.4 Å². The fourth-order valence-electron chi connectivity index (χ4n) is 2.89. The number of nitrogens with one attached hydrogen (secondary N) is 1. The van der Waals surface area contributed by atoms with Crippen molar-refractivity contribution >= 4 is 22.7 Å². The predicted octanol–water partition coefficient (Wildman–Crippen LogP) is 3.92. The monoisotopic (exact) mass is 322 g/mol. The van der Waals surface area contributed by atoms with Crippen LogP contribution in [0.25, 0.3) is 22.6 Å². The Morgan fingerprint density at radius 3 is 3.00 bits per heavy atom. The maximum atomic E-state index is 12.2. The van der Waals surface area contributed by atoms with E-state index in [9.17, 15) is 4.79 Å². The molecule has 1 aliphatic heterocycles. The second-order valence-corrected chi connectivity index (χ2v) is 6.06. The Hall–Kier alpha value is -2.66. The third kappa shape index (κ3) is 2.90. The summed E-state index contributed by atoms with van der Waals surface area (Å²) in [5.41, 5.74) is 4.26. The van der Waals surface area contributed by atoms with Crippen molar-refractivity contribution in [2.75, 3.05) is 11.9 Å². The van der Waals surface area contributed by atoms with Gasteiger partial charge in [-0.15, -0.1) is 0 Å². The molecule has 1 fully saturated rings. The largest absolute Gasteiger partial charge is 0.436 e. The molecule has 4 rings (SSSR count). The van der Waals surface area contributed by atoms with E-state index in [0.29, 0.717) is 18.2 Å². The van der Waals surface area contributed by atoms with E-state index in [0.717, 1.165) is 35.1 Å². The number of oxazole rings is 1. The van der Waals surface area contributed by atoms with Gasteiger partial charge in [0.1, 0.15) is 11.6 Å². The van der Waals surface area contributed by atoms with Crippen LogP contribution in [0.1, 0.15) is 18.4 Å². The molecule has 3 aromatic rings. The van der Waals surface area contributed by atoms with Gasteiger partial charge in [0.2, 0.25) is 5.89 Å². The molecule has 0 aliphatic carbocycles. The molecule has 0 radical (unpaired) electrons. The third-order valence-corrected chi connectivity index (χ3v) is 4.14. The van der Waals surface area contributed by atoms with Crippen LogP contribution < -0.4 is 5.32 Å². The molecule has 0 spiro atoms. The lowest BCUT2D eigenvalue weighted by Crippen LogP contribution is -2.26. The molecular weight excluding hydrogens is 304 g/mol. The van der Waals surface area contributed by atoms with Crippen LogP contribution in [0.3, 0.4) is 0 Å². The van der Waals surface area contributed by atoms with Crippen LogP contribution in [0.4, 0.5) is 5.69 Å². The lowest BCUT2D eigenvalue weighted by atomic mass is 10.2. The first-order valence-electron chi connectivity index (χ1n) is 8.09. The van der Waals surface area contributed by atoms with E-state index in [4.69, 9.17) is 9.15 Å². The molecule has 2 aromatic carbocycles. The van der Waals surface area contributed by atoms with Crippen molar-refractivity contribution in [3.63, 3.8) is 0 Å². The number of rotatable bonds is 3. The molecule has 1 aliphatic rings. The summed E-state index contributed by atoms with van der Waals surface area (Å²) in [7, 11) is 0. The minimum absolute atomic E-state index is 0.0992. The van der Waals surface area contributed by atoms with Crippen molar-refractivity contribution in [1.82, 2.24) is 4.98 Å². The number of hydrogen-bond donors (Lipinski definition) is 1. The molecule has 5 nitrogen and oxygen atoms in total. The Kier molecular flexibility index (Phi) is 3.78. The van der Waals surface area contributed by atoms with Crippen LogP contribution in [-0.2, 0) is 9.53 Å². The molecule has 122 valence electrons. The van der Waals surface area contributed by atoms with Crippen LogP contribution >= 0.6 is 0 Å². The molecule has 1 amide bonds. The van der Waals surface area contributed by atoms with Crippen molar-refractivity contribution in [2.24, 2.45) is 0 Å². The summed E-state index contributed by atoms with van der Waals surface area (Å²) in [4.78, 5) is 16.7. The van der Waals surface area contributed by atoms with Crippen molar-refractivity contribution in [3.05, 3.63) is 48.0 Å². The van der Waals surface area contributed by atoms with Gasteiger partial charge in [0.25, 0.3) is 5.91 Å². The number of aryl methyl sites for hydroxylation is 1. The smallest absolute Gasteiger partial charge is 0.253 e. The number of benzene rings is 2. The Morgan fingerprint density at radius 2 is 2.17 bits per heavy atom. The summed E-state index contributed by atoms with van der Waals surface area (Å²) in [5.74, 6) is 0.446. The van der Waals surface area contributed by atoms with Crippen LogP contribution in [0.2, 0.25) is 0 Å². The van der Waals surface area contributed by atoms with Gasteiger partial charge in [0.05, 0.1) is 0 Å². The molecular formula is C19H18N2O3. The molecule has 1 atom stereocenters. The van der Waals surface area contributed by atoms with E-state index >= 15 is 0 Å². The first kappa shape index (κ1) is 14.9. The average molecular weight is 322 g/mol. The summed E-state index contributed by atoms with van der Waals surface area (Å²) in [6.07, 6.45) is 1.36. The van der Waals surface area contributed by atoms with Gasteiger partial charge in [-0.3, -0.25) is 4.79 Å². The number of ether oxygens (including phenoxy) is 1. The van der Waals surface area contributed by atoms with Gasteiger partial charge in [-0.1, -0.05) is 12.1 Å². The Morgan fingerprint density at radius 1 is 1.25 bits per heavy atom. The van der Waals surface area contributed by atoms with E-state index in [1.54, 1.807) is 0 Å². The van der Waals surface area contributed by atoms with Gasteiger partial charge >= 0.3 is 0 Å². The minimum Gasteiger partial charge on any atom is -0.436 e. The summed E-state index contributed by atoms with van der Waals surface area (Å²) < 4.78 is 11.3. The van der Waals surface area contributed by atoms with E-state index in [2.05, 4.69) is 10.3 Å². The fraction of sp³-hybridized carbons (Fsp3) is 0.263. The van der Waals surface area contributed by atoms with Crippen molar-refractivity contribution in [1.29, 1.82) is 0 Å². The molecule has 0 unspecified atom stereocenters. The maximum absolute atomic E-state index is 12.2. The summed E-state index contributed by atoms with van der Waals surface area (Å²) in [6, 6.07) is 13.4. The number of aromatic nitrogens is 1. The van der Waals surface area contributed by atoms with Gasteiger partial charge < -0.3 is 14.5 Å². The minimum atomic E-state index is -0.346. The second kappa shape index (κ2) is 6.09. The van der Waals surface area contributed by atoms with Gasteiger partial charge in [-0.25, -0.2) is 4.98 Å².